The van der Waals surface area contributed by atoms with E-state index < -0.39 is 29.6 Å². The second-order valence-corrected chi connectivity index (χ2v) is 5.06. The van der Waals surface area contributed by atoms with Crippen LogP contribution in [0.5, 0.6) is 0 Å². The van der Waals surface area contributed by atoms with Crippen molar-refractivity contribution in [1.82, 2.24) is 4.90 Å². The number of hydrogen-bond donors (Lipinski definition) is 3. The number of aliphatic hydroxyl groups is 2. The standard InChI is InChI=1S/C14H16FNO5/c15-10-5-8(1-2-9(10)14(20)21)6-13(19)16-4-3-11(17)12(18)7-16/h1-2,5,11-12,17-18H,3-4,6-7H2,(H,20,21)/t11-,12+/m1/s1. The molecule has 3 N–H and O–H groups in total. The summed E-state index contributed by atoms with van der Waals surface area (Å²) < 4.78 is 13.5. The van der Waals surface area contributed by atoms with E-state index in [-0.39, 0.29) is 18.9 Å². The summed E-state index contributed by atoms with van der Waals surface area (Å²) in [6.07, 6.45) is -1.60. The van der Waals surface area contributed by atoms with Crippen LogP contribution in [0, 0.1) is 5.82 Å². The Morgan fingerprint density at radius 3 is 2.57 bits per heavy atom. The molecule has 1 aliphatic rings. The van der Waals surface area contributed by atoms with Crippen LogP contribution in [-0.4, -0.2) is 57.4 Å². The lowest BCUT2D eigenvalue weighted by molar-refractivity contribution is -0.136. The minimum atomic E-state index is -1.36. The molecular weight excluding hydrogens is 281 g/mol. The number of piperidine rings is 1. The maximum atomic E-state index is 13.5. The van der Waals surface area contributed by atoms with Crippen molar-refractivity contribution in [3.8, 4) is 0 Å². The van der Waals surface area contributed by atoms with Crippen molar-refractivity contribution in [3.63, 3.8) is 0 Å². The largest absolute Gasteiger partial charge is 0.478 e. The monoisotopic (exact) mass is 297 g/mol. The van der Waals surface area contributed by atoms with E-state index in [1.165, 1.54) is 11.0 Å². The number of carboxylic acids is 1. The van der Waals surface area contributed by atoms with Gasteiger partial charge in [0.1, 0.15) is 5.82 Å². The number of hydrogen-bond acceptors (Lipinski definition) is 4. The molecule has 0 aliphatic carbocycles. The van der Waals surface area contributed by atoms with Gasteiger partial charge in [0, 0.05) is 13.1 Å². The molecule has 1 aromatic carbocycles. The first kappa shape index (κ1) is 15.4. The fourth-order valence-electron chi connectivity index (χ4n) is 2.27. The average molecular weight is 297 g/mol. The van der Waals surface area contributed by atoms with Crippen LogP contribution in [0.2, 0.25) is 0 Å². The number of likely N-dealkylation sites (tertiary alicyclic amines) is 1. The van der Waals surface area contributed by atoms with Crippen molar-refractivity contribution in [2.45, 2.75) is 25.0 Å². The zero-order valence-electron chi connectivity index (χ0n) is 11.2. The van der Waals surface area contributed by atoms with Gasteiger partial charge in [-0.25, -0.2) is 9.18 Å². The smallest absolute Gasteiger partial charge is 0.338 e. The molecule has 2 rings (SSSR count). The Kier molecular flexibility index (Phi) is 4.54. The molecule has 2 atom stereocenters. The van der Waals surface area contributed by atoms with Gasteiger partial charge in [0.2, 0.25) is 5.91 Å². The molecule has 0 spiro atoms. The van der Waals surface area contributed by atoms with E-state index in [2.05, 4.69) is 0 Å². The van der Waals surface area contributed by atoms with Crippen LogP contribution in [0.3, 0.4) is 0 Å². The molecule has 0 unspecified atom stereocenters. The van der Waals surface area contributed by atoms with Gasteiger partial charge in [0.25, 0.3) is 0 Å². The first-order chi connectivity index (χ1) is 9.88. The zero-order chi connectivity index (χ0) is 15.6. The first-order valence-electron chi connectivity index (χ1n) is 6.54. The van der Waals surface area contributed by atoms with Crippen LogP contribution in [0.4, 0.5) is 4.39 Å². The minimum Gasteiger partial charge on any atom is -0.478 e. The number of aliphatic hydroxyl groups excluding tert-OH is 2. The summed E-state index contributed by atoms with van der Waals surface area (Å²) >= 11 is 0. The molecule has 0 radical (unpaired) electrons. The average Bonchev–Trinajstić information content (AvgIpc) is 2.41. The lowest BCUT2D eigenvalue weighted by Crippen LogP contribution is -2.49. The molecule has 0 saturated carbocycles. The van der Waals surface area contributed by atoms with E-state index >= 15 is 0 Å². The summed E-state index contributed by atoms with van der Waals surface area (Å²) in [5, 5.41) is 27.7. The van der Waals surface area contributed by atoms with Crippen molar-refractivity contribution in [1.29, 1.82) is 0 Å². The maximum Gasteiger partial charge on any atom is 0.338 e. The summed E-state index contributed by atoms with van der Waals surface area (Å²) in [6.45, 7) is 0.364. The number of rotatable bonds is 3. The number of carboxylic acid groups (broad SMARTS) is 1. The van der Waals surface area contributed by atoms with Crippen molar-refractivity contribution < 1.29 is 29.3 Å². The van der Waals surface area contributed by atoms with Crippen molar-refractivity contribution in [2.24, 2.45) is 0 Å². The first-order valence-corrected chi connectivity index (χ1v) is 6.54. The van der Waals surface area contributed by atoms with Gasteiger partial charge in [-0.3, -0.25) is 4.79 Å². The van der Waals surface area contributed by atoms with Crippen LogP contribution < -0.4 is 0 Å². The molecule has 0 bridgehead atoms. The molecule has 1 saturated heterocycles. The predicted molar refractivity (Wildman–Crippen MR) is 70.3 cm³/mol. The SMILES string of the molecule is O=C(O)c1ccc(CC(=O)N2CC[C@@H](O)[C@@H](O)C2)cc1F. The van der Waals surface area contributed by atoms with E-state index in [4.69, 9.17) is 5.11 Å². The molecular formula is C14H16FNO5. The molecule has 0 aromatic heterocycles. The highest BCUT2D eigenvalue weighted by atomic mass is 19.1. The summed E-state index contributed by atoms with van der Waals surface area (Å²) in [6, 6.07) is 3.53. The molecule has 114 valence electrons. The molecule has 1 heterocycles. The van der Waals surface area contributed by atoms with Crippen LogP contribution in [0.25, 0.3) is 0 Å². The molecule has 7 heteroatoms. The lowest BCUT2D eigenvalue weighted by atomic mass is 10.0. The Bertz CT molecular complexity index is 562. The summed E-state index contributed by atoms with van der Waals surface area (Å²) in [5.41, 5.74) is -0.0779. The maximum absolute atomic E-state index is 13.5. The highest BCUT2D eigenvalue weighted by Gasteiger charge is 2.28. The van der Waals surface area contributed by atoms with Crippen LogP contribution in [0.15, 0.2) is 18.2 Å². The third kappa shape index (κ3) is 3.56. The topological polar surface area (TPSA) is 98.1 Å². The molecule has 21 heavy (non-hydrogen) atoms. The van der Waals surface area contributed by atoms with E-state index in [1.807, 2.05) is 0 Å². The molecule has 1 amide bonds. The Labute approximate surface area is 120 Å². The van der Waals surface area contributed by atoms with Gasteiger partial charge in [0.05, 0.1) is 24.2 Å². The van der Waals surface area contributed by atoms with Crippen LogP contribution in [-0.2, 0) is 11.2 Å². The van der Waals surface area contributed by atoms with Gasteiger partial charge in [-0.15, -0.1) is 0 Å². The second-order valence-electron chi connectivity index (χ2n) is 5.06. The number of benzene rings is 1. The Balaban J connectivity index is 2.03. The quantitative estimate of drug-likeness (QED) is 0.730. The van der Waals surface area contributed by atoms with E-state index in [9.17, 15) is 24.2 Å². The number of amides is 1. The number of carbonyl (C=O) groups excluding carboxylic acids is 1. The number of β-amino-alcohol motifs (C(OH)–C–C–N with tert-alkyl or cyclic N) is 1. The Hall–Kier alpha value is -1.99. The third-order valence-electron chi connectivity index (χ3n) is 3.52. The van der Waals surface area contributed by atoms with Gasteiger partial charge in [-0.2, -0.15) is 0 Å². The van der Waals surface area contributed by atoms with Gasteiger partial charge in [-0.1, -0.05) is 6.07 Å². The summed E-state index contributed by atoms with van der Waals surface area (Å²) in [4.78, 5) is 24.2. The van der Waals surface area contributed by atoms with E-state index in [0.717, 1.165) is 12.1 Å². The van der Waals surface area contributed by atoms with Crippen molar-refractivity contribution in [2.75, 3.05) is 13.1 Å². The number of aromatic carboxylic acids is 1. The summed E-state index contributed by atoms with van der Waals surface area (Å²) in [7, 11) is 0. The lowest BCUT2D eigenvalue weighted by Gasteiger charge is -2.33. The van der Waals surface area contributed by atoms with E-state index in [0.29, 0.717) is 18.5 Å². The normalized spacial score (nSPS) is 22.1. The number of carbonyl (C=O) groups is 2. The Morgan fingerprint density at radius 1 is 1.29 bits per heavy atom. The van der Waals surface area contributed by atoms with Crippen LogP contribution >= 0.6 is 0 Å². The molecule has 1 fully saturated rings. The van der Waals surface area contributed by atoms with Gasteiger partial charge in [-0.05, 0) is 24.1 Å². The second kappa shape index (κ2) is 6.19. The van der Waals surface area contributed by atoms with Gasteiger partial charge in [0.15, 0.2) is 0 Å². The zero-order valence-corrected chi connectivity index (χ0v) is 11.2. The van der Waals surface area contributed by atoms with E-state index in [1.54, 1.807) is 0 Å². The van der Waals surface area contributed by atoms with Crippen molar-refractivity contribution in [3.05, 3.63) is 35.1 Å². The Morgan fingerprint density at radius 2 is 2.00 bits per heavy atom. The van der Waals surface area contributed by atoms with Crippen molar-refractivity contribution >= 4 is 11.9 Å². The highest BCUT2D eigenvalue weighted by Crippen LogP contribution is 2.15. The summed E-state index contributed by atoms with van der Waals surface area (Å²) in [5.74, 6) is -2.55. The highest BCUT2D eigenvalue weighted by molar-refractivity contribution is 5.88. The molecule has 1 aliphatic heterocycles. The molecule has 6 nitrogen and oxygen atoms in total. The fraction of sp³-hybridized carbons (Fsp3) is 0.429. The fourth-order valence-corrected chi connectivity index (χ4v) is 2.27. The number of nitrogens with zero attached hydrogens (tertiary/aromatic N) is 1. The third-order valence-corrected chi connectivity index (χ3v) is 3.52. The van der Waals surface area contributed by atoms with Gasteiger partial charge >= 0.3 is 5.97 Å². The van der Waals surface area contributed by atoms with Crippen LogP contribution in [0.1, 0.15) is 22.3 Å². The molecule has 1 aromatic rings. The minimum absolute atomic E-state index is 0.0374. The number of halogens is 1. The predicted octanol–water partition coefficient (Wildman–Crippen LogP) is 0.0205. The van der Waals surface area contributed by atoms with Gasteiger partial charge < -0.3 is 20.2 Å².